The number of benzene rings is 1. The molecule has 0 amide bonds. The fraction of sp³-hybridized carbons (Fsp3) is 0.188. The molecule has 1 aromatic carbocycles. The van der Waals surface area contributed by atoms with Crippen LogP contribution in [0.25, 0.3) is 5.70 Å². The zero-order valence-corrected chi connectivity index (χ0v) is 14.8. The van der Waals surface area contributed by atoms with E-state index < -0.39 is 5.82 Å². The van der Waals surface area contributed by atoms with Crippen LogP contribution in [0.2, 0.25) is 0 Å². The van der Waals surface area contributed by atoms with Crippen molar-refractivity contribution in [1.82, 2.24) is 4.90 Å². The van der Waals surface area contributed by atoms with Gasteiger partial charge in [-0.05, 0) is 11.8 Å². The Morgan fingerprint density at radius 2 is 2.19 bits per heavy atom. The molecule has 0 aliphatic carbocycles. The number of nitrogens with zero attached hydrogens (tertiary/aromatic N) is 2. The van der Waals surface area contributed by atoms with Gasteiger partial charge in [-0.1, -0.05) is 24.8 Å². The van der Waals surface area contributed by atoms with Gasteiger partial charge in [-0.15, -0.1) is 11.6 Å². The number of hydrogen-bond donors (Lipinski definition) is 0. The predicted molar refractivity (Wildman–Crippen MR) is 74.8 cm³/mol. The van der Waals surface area contributed by atoms with Gasteiger partial charge in [0.2, 0.25) is 0 Å². The van der Waals surface area contributed by atoms with E-state index in [1.807, 2.05) is 20.0 Å². The normalized spacial score (nSPS) is 13.8. The molecule has 1 heterocycles. The van der Waals surface area contributed by atoms with Gasteiger partial charge in [0.25, 0.3) is 0 Å². The Labute approximate surface area is 149 Å². The number of allylic oxidation sites excluding steroid dienone is 3. The summed E-state index contributed by atoms with van der Waals surface area (Å²) in [5.74, 6) is -0.0899. The maximum absolute atomic E-state index is 14.2. The van der Waals surface area contributed by atoms with E-state index in [4.69, 9.17) is 10.00 Å². The molecule has 0 unspecified atom stereocenters. The summed E-state index contributed by atoms with van der Waals surface area (Å²) in [5, 5.41) is 8.44. The smallest absolute Gasteiger partial charge is 0.174 e. The summed E-state index contributed by atoms with van der Waals surface area (Å²) >= 11 is 0. The fourth-order valence-corrected chi connectivity index (χ4v) is 1.91. The van der Waals surface area contributed by atoms with Crippen LogP contribution in [-0.4, -0.2) is 18.6 Å². The first-order valence-electron chi connectivity index (χ1n) is 6.07. The number of ether oxygens (including phenoxy) is 1. The second-order valence-electron chi connectivity index (χ2n) is 4.41. The Hall–Kier alpha value is -1.44. The minimum Gasteiger partial charge on any atom is -0.479 e. The summed E-state index contributed by atoms with van der Waals surface area (Å²) < 4.78 is 19.2. The van der Waals surface area contributed by atoms with Crippen molar-refractivity contribution < 1.29 is 41.8 Å². The Morgan fingerprint density at radius 1 is 1.48 bits per heavy atom. The molecule has 1 aliphatic rings. The molecule has 105 valence electrons. The molecule has 0 aromatic heterocycles. The second-order valence-corrected chi connectivity index (χ2v) is 4.41. The van der Waals surface area contributed by atoms with Crippen LogP contribution >= 0.6 is 0 Å². The van der Waals surface area contributed by atoms with Gasteiger partial charge in [-0.25, -0.2) is 4.39 Å². The molecule has 3 nitrogen and oxygen atoms in total. The molecule has 0 atom stereocenters. The molecule has 0 fully saturated rings. The third kappa shape index (κ3) is 3.81. The molecule has 1 aromatic rings. The second kappa shape index (κ2) is 7.54. The molecular formula is C16H14FN2OY-. The zero-order chi connectivity index (χ0) is 14.7. The van der Waals surface area contributed by atoms with Crippen LogP contribution in [0.5, 0.6) is 5.75 Å². The topological polar surface area (TPSA) is 36.3 Å². The maximum Gasteiger partial charge on any atom is 0.174 e. The molecular weight excluding hydrogens is 344 g/mol. The van der Waals surface area contributed by atoms with E-state index in [2.05, 4.69) is 12.7 Å². The van der Waals surface area contributed by atoms with Crippen molar-refractivity contribution in [3.05, 3.63) is 59.6 Å². The van der Waals surface area contributed by atoms with Crippen LogP contribution in [0.15, 0.2) is 42.1 Å². The summed E-state index contributed by atoms with van der Waals surface area (Å²) in [7, 11) is 1.82. The van der Waals surface area contributed by atoms with Crippen molar-refractivity contribution in [2.24, 2.45) is 0 Å². The first-order chi connectivity index (χ1) is 9.54. The molecule has 21 heavy (non-hydrogen) atoms. The summed E-state index contributed by atoms with van der Waals surface area (Å²) in [4.78, 5) is 1.80. The molecule has 2 rings (SSSR count). The van der Waals surface area contributed by atoms with Gasteiger partial charge in [0.05, 0.1) is 5.82 Å². The molecule has 0 saturated carbocycles. The number of rotatable bonds is 3. The van der Waals surface area contributed by atoms with Crippen LogP contribution in [0.3, 0.4) is 0 Å². The summed E-state index contributed by atoms with van der Waals surface area (Å²) in [6.07, 6.45) is 4.84. The van der Waals surface area contributed by atoms with Crippen LogP contribution < -0.4 is 4.74 Å². The number of hydrogen-bond acceptors (Lipinski definition) is 3. The van der Waals surface area contributed by atoms with E-state index in [0.717, 1.165) is 11.3 Å². The van der Waals surface area contributed by atoms with Crippen LogP contribution in [0.1, 0.15) is 12.5 Å². The number of likely N-dealkylation sites (N-methyl/N-ethyl adjacent to an activating group) is 1. The minimum absolute atomic E-state index is 0. The molecule has 0 N–H and O–H groups in total. The van der Waals surface area contributed by atoms with Gasteiger partial charge in [0.15, 0.2) is 6.61 Å². The number of nitriles is 1. The van der Waals surface area contributed by atoms with Crippen LogP contribution in [0, 0.1) is 23.2 Å². The molecule has 0 spiro atoms. The molecule has 0 bridgehead atoms. The largest absolute Gasteiger partial charge is 0.479 e. The predicted octanol–water partition coefficient (Wildman–Crippen LogP) is 3.28. The standard InChI is InChI=1S/C16H14FN2O.Y/c1-11-4-7-16(19(3)12(11)2)14-6-5-13(10-15(14)17)20-9-8-18;/h4-6,10H,2,9H2,1,3H3;/q-1;. The van der Waals surface area contributed by atoms with Crippen molar-refractivity contribution in [3.8, 4) is 11.8 Å². The van der Waals surface area contributed by atoms with E-state index in [0.29, 0.717) is 17.0 Å². The quantitative estimate of drug-likeness (QED) is 0.779. The average molecular weight is 358 g/mol. The first-order valence-corrected chi connectivity index (χ1v) is 6.07. The Morgan fingerprint density at radius 3 is 2.81 bits per heavy atom. The summed E-state index contributed by atoms with van der Waals surface area (Å²) in [6, 6.07) is 6.35. The van der Waals surface area contributed by atoms with Gasteiger partial charge < -0.3 is 9.64 Å². The summed E-state index contributed by atoms with van der Waals surface area (Å²) in [5.41, 5.74) is 2.83. The van der Waals surface area contributed by atoms with Crippen molar-refractivity contribution in [2.75, 3.05) is 13.7 Å². The Balaban J connectivity index is 0.00000220. The van der Waals surface area contributed by atoms with Gasteiger partial charge in [0.1, 0.15) is 11.8 Å². The molecule has 1 aliphatic heterocycles. The molecule has 1 radical (unpaired) electrons. The fourth-order valence-electron chi connectivity index (χ4n) is 1.91. The van der Waals surface area contributed by atoms with Crippen molar-refractivity contribution in [3.63, 3.8) is 0 Å². The van der Waals surface area contributed by atoms with Crippen molar-refractivity contribution in [2.45, 2.75) is 6.92 Å². The SMILES string of the molecule is C=C1C(C)=C[C-]=C(c2ccc(OCC#N)cc2F)N1C.[Y]. The average Bonchev–Trinajstić information content (AvgIpc) is 2.44. The molecule has 0 saturated heterocycles. The van der Waals surface area contributed by atoms with E-state index in [-0.39, 0.29) is 39.3 Å². The van der Waals surface area contributed by atoms with Crippen LogP contribution in [-0.2, 0) is 32.7 Å². The van der Waals surface area contributed by atoms with E-state index in [9.17, 15) is 4.39 Å². The zero-order valence-electron chi connectivity index (χ0n) is 12.0. The van der Waals surface area contributed by atoms with E-state index in [1.54, 1.807) is 23.1 Å². The molecule has 5 heteroatoms. The van der Waals surface area contributed by atoms with Gasteiger partial charge >= 0.3 is 0 Å². The monoisotopic (exact) mass is 358 g/mol. The van der Waals surface area contributed by atoms with Crippen molar-refractivity contribution in [1.29, 1.82) is 5.26 Å². The Bertz CT molecular complexity index is 659. The van der Waals surface area contributed by atoms with Crippen molar-refractivity contribution >= 4 is 5.70 Å². The Kier molecular flexibility index (Phi) is 6.32. The number of halogens is 1. The third-order valence-corrected chi connectivity index (χ3v) is 3.12. The van der Waals surface area contributed by atoms with Gasteiger partial charge in [0, 0.05) is 45.8 Å². The van der Waals surface area contributed by atoms with Gasteiger partial charge in [-0.2, -0.15) is 17.4 Å². The first kappa shape index (κ1) is 17.6. The summed E-state index contributed by atoms with van der Waals surface area (Å²) in [6.45, 7) is 5.78. The minimum atomic E-state index is -0.421. The van der Waals surface area contributed by atoms with Crippen LogP contribution in [0.4, 0.5) is 4.39 Å². The van der Waals surface area contributed by atoms with E-state index >= 15 is 0 Å². The third-order valence-electron chi connectivity index (χ3n) is 3.12. The maximum atomic E-state index is 14.2. The van der Waals surface area contributed by atoms with Gasteiger partial charge in [-0.3, -0.25) is 0 Å². The van der Waals surface area contributed by atoms with E-state index in [1.165, 1.54) is 6.07 Å².